The molecule has 7 nitrogen and oxygen atoms in total. The first-order valence-corrected chi connectivity index (χ1v) is 11.2. The number of fused-ring (bicyclic) bond motifs is 3. The molecule has 0 spiro atoms. The molecule has 3 rings (SSSR count). The van der Waals surface area contributed by atoms with Gasteiger partial charge in [0.1, 0.15) is 18.2 Å². The second-order valence-corrected chi connectivity index (χ2v) is 8.60. The van der Waals surface area contributed by atoms with E-state index in [2.05, 4.69) is 0 Å². The van der Waals surface area contributed by atoms with Gasteiger partial charge in [-0.25, -0.2) is 9.59 Å². The van der Waals surface area contributed by atoms with Crippen LogP contribution < -0.4 is 0 Å². The first-order chi connectivity index (χ1) is 15.7. The molecule has 0 aromatic heterocycles. The number of esters is 1. The number of carboxylic acids is 1. The lowest BCUT2D eigenvalue weighted by Gasteiger charge is -2.29. The lowest BCUT2D eigenvalue weighted by atomic mass is 9.98. The number of aliphatic carboxylic acids is 1. The summed E-state index contributed by atoms with van der Waals surface area (Å²) in [6.07, 6.45) is -0.0402. The Labute approximate surface area is 194 Å². The molecule has 0 unspecified atom stereocenters. The van der Waals surface area contributed by atoms with Crippen LogP contribution in [-0.2, 0) is 19.1 Å². The normalized spacial score (nSPS) is 13.6. The van der Waals surface area contributed by atoms with Gasteiger partial charge in [0.25, 0.3) is 0 Å². The summed E-state index contributed by atoms with van der Waals surface area (Å²) in [4.78, 5) is 37.9. The highest BCUT2D eigenvalue weighted by atomic mass is 16.6. The zero-order valence-electron chi connectivity index (χ0n) is 19.5. The SMILES string of the molecule is CCC(C)(CC)OC(=O)C[C@H](C(=O)O)N(C)C(=O)OCC1c2ccccc2-c2ccccc21. The number of carboxylic acid groups (broad SMARTS) is 1. The largest absolute Gasteiger partial charge is 0.480 e. The van der Waals surface area contributed by atoms with Gasteiger partial charge in [-0.2, -0.15) is 0 Å². The third-order valence-electron chi connectivity index (χ3n) is 6.59. The Balaban J connectivity index is 1.68. The number of amides is 1. The highest BCUT2D eigenvalue weighted by Gasteiger charge is 2.35. The molecule has 1 aliphatic carbocycles. The first-order valence-electron chi connectivity index (χ1n) is 11.2. The third-order valence-corrected chi connectivity index (χ3v) is 6.59. The Bertz CT molecular complexity index is 983. The van der Waals surface area contributed by atoms with E-state index >= 15 is 0 Å². The zero-order valence-corrected chi connectivity index (χ0v) is 19.5. The number of nitrogens with zero attached hydrogens (tertiary/aromatic N) is 1. The number of carbonyl (C=O) groups is 3. The number of carbonyl (C=O) groups excluding carboxylic acids is 2. The Morgan fingerprint density at radius 3 is 2.00 bits per heavy atom. The molecule has 0 heterocycles. The summed E-state index contributed by atoms with van der Waals surface area (Å²) >= 11 is 0. The minimum absolute atomic E-state index is 0.0672. The van der Waals surface area contributed by atoms with Gasteiger partial charge in [0, 0.05) is 13.0 Å². The van der Waals surface area contributed by atoms with Crippen LogP contribution in [0.4, 0.5) is 4.79 Å². The molecule has 0 fully saturated rings. The lowest BCUT2D eigenvalue weighted by molar-refractivity contribution is -0.163. The number of hydrogen-bond donors (Lipinski definition) is 1. The standard InChI is InChI=1S/C26H31NO6/c1-5-26(3,6-2)33-23(28)15-22(24(29)30)27(4)25(31)32-16-21-19-13-9-7-11-17(19)18-12-8-10-14-20(18)21/h7-14,21-22H,5-6,15-16H2,1-4H3,(H,29,30)/t22-/m1/s1. The molecule has 7 heteroatoms. The summed E-state index contributed by atoms with van der Waals surface area (Å²) in [6.45, 7) is 5.66. The van der Waals surface area contributed by atoms with Gasteiger partial charge in [0.15, 0.2) is 0 Å². The fourth-order valence-corrected chi connectivity index (χ4v) is 4.08. The highest BCUT2D eigenvalue weighted by Crippen LogP contribution is 2.44. The minimum atomic E-state index is -1.38. The summed E-state index contributed by atoms with van der Waals surface area (Å²) < 4.78 is 11.0. The van der Waals surface area contributed by atoms with Crippen LogP contribution in [0.3, 0.4) is 0 Å². The molecule has 2 aromatic rings. The molecule has 1 atom stereocenters. The van der Waals surface area contributed by atoms with Crippen molar-refractivity contribution in [1.82, 2.24) is 4.90 Å². The number of likely N-dealkylation sites (N-methyl/N-ethyl adjacent to an activating group) is 1. The summed E-state index contributed by atoms with van der Waals surface area (Å²) in [7, 11) is 1.32. The van der Waals surface area contributed by atoms with Crippen molar-refractivity contribution in [2.45, 2.75) is 57.6 Å². The van der Waals surface area contributed by atoms with E-state index in [1.807, 2.05) is 62.4 Å². The summed E-state index contributed by atoms with van der Waals surface area (Å²) in [5.41, 5.74) is 3.66. The smallest absolute Gasteiger partial charge is 0.410 e. The zero-order chi connectivity index (χ0) is 24.2. The van der Waals surface area contributed by atoms with Crippen molar-refractivity contribution < 1.29 is 29.0 Å². The van der Waals surface area contributed by atoms with Crippen LogP contribution in [-0.4, -0.2) is 53.3 Å². The second kappa shape index (κ2) is 10.1. The molecule has 1 aliphatic rings. The van der Waals surface area contributed by atoms with Crippen LogP contribution in [0.25, 0.3) is 11.1 Å². The van der Waals surface area contributed by atoms with Crippen molar-refractivity contribution in [1.29, 1.82) is 0 Å². The van der Waals surface area contributed by atoms with Gasteiger partial charge in [-0.3, -0.25) is 9.69 Å². The molecular formula is C26H31NO6. The summed E-state index contributed by atoms with van der Waals surface area (Å²) in [5.74, 6) is -2.10. The monoisotopic (exact) mass is 453 g/mol. The number of rotatable bonds is 9. The average molecular weight is 454 g/mol. The summed E-state index contributed by atoms with van der Waals surface area (Å²) in [6, 6.07) is 14.5. The van der Waals surface area contributed by atoms with E-state index in [-0.39, 0.29) is 12.5 Å². The topological polar surface area (TPSA) is 93.1 Å². The molecule has 0 bridgehead atoms. The van der Waals surface area contributed by atoms with Crippen molar-refractivity contribution in [3.63, 3.8) is 0 Å². The second-order valence-electron chi connectivity index (χ2n) is 8.60. The van der Waals surface area contributed by atoms with Gasteiger partial charge < -0.3 is 14.6 Å². The number of benzene rings is 2. The van der Waals surface area contributed by atoms with Crippen LogP contribution in [0.2, 0.25) is 0 Å². The fraction of sp³-hybridized carbons (Fsp3) is 0.423. The molecule has 0 saturated carbocycles. The lowest BCUT2D eigenvalue weighted by Crippen LogP contribution is -2.45. The third kappa shape index (κ3) is 5.18. The Morgan fingerprint density at radius 1 is 1.00 bits per heavy atom. The van der Waals surface area contributed by atoms with Crippen molar-refractivity contribution >= 4 is 18.0 Å². The van der Waals surface area contributed by atoms with Crippen LogP contribution in [0.5, 0.6) is 0 Å². The maximum absolute atomic E-state index is 12.7. The Hall–Kier alpha value is -3.35. The van der Waals surface area contributed by atoms with E-state index in [4.69, 9.17) is 9.47 Å². The van der Waals surface area contributed by atoms with Crippen LogP contribution >= 0.6 is 0 Å². The van der Waals surface area contributed by atoms with E-state index in [0.29, 0.717) is 12.8 Å². The molecule has 1 N–H and O–H groups in total. The van der Waals surface area contributed by atoms with Crippen molar-refractivity contribution in [3.8, 4) is 11.1 Å². The van der Waals surface area contributed by atoms with Gasteiger partial charge >= 0.3 is 18.0 Å². The average Bonchev–Trinajstić information content (AvgIpc) is 3.14. The Morgan fingerprint density at radius 2 is 1.52 bits per heavy atom. The first kappa shape index (κ1) is 24.3. The highest BCUT2D eigenvalue weighted by molar-refractivity contribution is 5.85. The predicted octanol–water partition coefficient (Wildman–Crippen LogP) is 4.83. The maximum Gasteiger partial charge on any atom is 0.410 e. The predicted molar refractivity (Wildman–Crippen MR) is 124 cm³/mol. The fourth-order valence-electron chi connectivity index (χ4n) is 4.08. The van der Waals surface area contributed by atoms with Gasteiger partial charge in [0.05, 0.1) is 6.42 Å². The molecule has 0 radical (unpaired) electrons. The minimum Gasteiger partial charge on any atom is -0.480 e. The van der Waals surface area contributed by atoms with E-state index in [9.17, 15) is 19.5 Å². The van der Waals surface area contributed by atoms with Crippen LogP contribution in [0.1, 0.15) is 57.1 Å². The molecule has 33 heavy (non-hydrogen) atoms. The molecular weight excluding hydrogens is 422 g/mol. The number of ether oxygens (including phenoxy) is 2. The van der Waals surface area contributed by atoms with Crippen LogP contribution in [0.15, 0.2) is 48.5 Å². The van der Waals surface area contributed by atoms with Gasteiger partial charge in [-0.05, 0) is 42.0 Å². The Kier molecular flexibility index (Phi) is 7.41. The van der Waals surface area contributed by atoms with Gasteiger partial charge in [-0.15, -0.1) is 0 Å². The number of hydrogen-bond acceptors (Lipinski definition) is 5. The van der Waals surface area contributed by atoms with E-state index in [1.54, 1.807) is 6.92 Å². The van der Waals surface area contributed by atoms with E-state index < -0.39 is 36.1 Å². The summed E-state index contributed by atoms with van der Waals surface area (Å²) in [5, 5.41) is 9.64. The molecule has 2 aromatic carbocycles. The van der Waals surface area contributed by atoms with Crippen LogP contribution in [0, 0.1) is 0 Å². The van der Waals surface area contributed by atoms with Gasteiger partial charge in [-0.1, -0.05) is 62.4 Å². The van der Waals surface area contributed by atoms with Crippen molar-refractivity contribution in [2.24, 2.45) is 0 Å². The molecule has 0 aliphatic heterocycles. The molecule has 1 amide bonds. The quantitative estimate of drug-likeness (QED) is 0.547. The molecule has 0 saturated heterocycles. The molecule has 176 valence electrons. The van der Waals surface area contributed by atoms with Crippen molar-refractivity contribution in [2.75, 3.05) is 13.7 Å². The van der Waals surface area contributed by atoms with E-state index in [0.717, 1.165) is 27.2 Å². The van der Waals surface area contributed by atoms with Crippen molar-refractivity contribution in [3.05, 3.63) is 59.7 Å². The van der Waals surface area contributed by atoms with E-state index in [1.165, 1.54) is 7.05 Å². The maximum atomic E-state index is 12.7. The van der Waals surface area contributed by atoms with Gasteiger partial charge in [0.2, 0.25) is 0 Å².